The Hall–Kier alpha value is -2.64. The molecule has 0 bridgehead atoms. The molecule has 2 aliphatic rings. The molecule has 8 heteroatoms. The SMILES string of the molecule is Cc1c(C(=O)N2CCN(C(=O)N3CCCCC3)CC2)cccc1[N+](=O)[O-]. The van der Waals surface area contributed by atoms with Gasteiger partial charge in [-0.2, -0.15) is 0 Å². The molecule has 1 aromatic rings. The average Bonchev–Trinajstić information content (AvgIpc) is 2.67. The number of nitrogens with zero attached hydrogens (tertiary/aromatic N) is 4. The summed E-state index contributed by atoms with van der Waals surface area (Å²) in [5.41, 5.74) is 0.694. The number of likely N-dealkylation sites (tertiary alicyclic amines) is 1. The molecule has 8 nitrogen and oxygen atoms in total. The third-order valence-corrected chi connectivity index (χ3v) is 5.20. The molecule has 0 atom stereocenters. The number of carbonyl (C=O) groups is 2. The molecule has 2 fully saturated rings. The molecule has 0 spiro atoms. The molecule has 3 rings (SSSR count). The van der Waals surface area contributed by atoms with Crippen LogP contribution in [-0.2, 0) is 0 Å². The van der Waals surface area contributed by atoms with E-state index in [-0.39, 0.29) is 17.6 Å². The van der Waals surface area contributed by atoms with Crippen molar-refractivity contribution < 1.29 is 14.5 Å². The van der Waals surface area contributed by atoms with Gasteiger partial charge in [0.15, 0.2) is 0 Å². The Labute approximate surface area is 152 Å². The fraction of sp³-hybridized carbons (Fsp3) is 0.556. The van der Waals surface area contributed by atoms with E-state index < -0.39 is 4.92 Å². The Morgan fingerprint density at radius 1 is 0.923 bits per heavy atom. The summed E-state index contributed by atoms with van der Waals surface area (Å²) in [7, 11) is 0. The van der Waals surface area contributed by atoms with Gasteiger partial charge < -0.3 is 14.7 Å². The fourth-order valence-electron chi connectivity index (χ4n) is 3.61. The molecule has 0 saturated carbocycles. The Morgan fingerprint density at radius 2 is 1.50 bits per heavy atom. The Bertz CT molecular complexity index is 707. The summed E-state index contributed by atoms with van der Waals surface area (Å²) in [5, 5.41) is 11.1. The number of piperazine rings is 1. The van der Waals surface area contributed by atoms with Gasteiger partial charge in [-0.1, -0.05) is 6.07 Å². The largest absolute Gasteiger partial charge is 0.335 e. The predicted molar refractivity (Wildman–Crippen MR) is 96.1 cm³/mol. The van der Waals surface area contributed by atoms with E-state index in [0.29, 0.717) is 37.3 Å². The summed E-state index contributed by atoms with van der Waals surface area (Å²) in [5.74, 6) is -0.212. The summed E-state index contributed by atoms with van der Waals surface area (Å²) in [6, 6.07) is 4.62. The van der Waals surface area contributed by atoms with Crippen LogP contribution >= 0.6 is 0 Å². The van der Waals surface area contributed by atoms with Crippen molar-refractivity contribution in [2.45, 2.75) is 26.2 Å². The van der Waals surface area contributed by atoms with Gasteiger partial charge in [0.05, 0.1) is 4.92 Å². The second-order valence-electron chi connectivity index (χ2n) is 6.82. The first-order valence-corrected chi connectivity index (χ1v) is 9.06. The quantitative estimate of drug-likeness (QED) is 0.598. The lowest BCUT2D eigenvalue weighted by atomic mass is 10.1. The number of piperidine rings is 1. The van der Waals surface area contributed by atoms with Gasteiger partial charge in [-0.25, -0.2) is 4.79 Å². The highest BCUT2D eigenvalue weighted by Crippen LogP contribution is 2.23. The lowest BCUT2D eigenvalue weighted by Gasteiger charge is -2.38. The van der Waals surface area contributed by atoms with E-state index in [1.165, 1.54) is 18.6 Å². The van der Waals surface area contributed by atoms with Crippen LogP contribution in [0.15, 0.2) is 18.2 Å². The molecule has 0 unspecified atom stereocenters. The maximum absolute atomic E-state index is 12.8. The lowest BCUT2D eigenvalue weighted by molar-refractivity contribution is -0.385. The summed E-state index contributed by atoms with van der Waals surface area (Å²) < 4.78 is 0. The van der Waals surface area contributed by atoms with Gasteiger partial charge in [0.2, 0.25) is 0 Å². The highest BCUT2D eigenvalue weighted by atomic mass is 16.6. The van der Waals surface area contributed by atoms with E-state index in [1.54, 1.807) is 22.8 Å². The number of carbonyl (C=O) groups excluding carboxylic acids is 2. The minimum atomic E-state index is -0.471. The van der Waals surface area contributed by atoms with Crippen LogP contribution in [0.25, 0.3) is 0 Å². The highest BCUT2D eigenvalue weighted by Gasteiger charge is 2.29. The Morgan fingerprint density at radius 3 is 2.12 bits per heavy atom. The lowest BCUT2D eigenvalue weighted by Crippen LogP contribution is -2.54. The van der Waals surface area contributed by atoms with Crippen molar-refractivity contribution in [2.24, 2.45) is 0 Å². The number of urea groups is 1. The third kappa shape index (κ3) is 3.63. The second-order valence-corrected chi connectivity index (χ2v) is 6.82. The zero-order valence-electron chi connectivity index (χ0n) is 15.0. The van der Waals surface area contributed by atoms with E-state index in [1.807, 2.05) is 4.90 Å². The second kappa shape index (κ2) is 7.72. The van der Waals surface area contributed by atoms with Crippen molar-refractivity contribution in [3.8, 4) is 0 Å². The van der Waals surface area contributed by atoms with Crippen LogP contribution in [0.3, 0.4) is 0 Å². The predicted octanol–water partition coefficient (Wildman–Crippen LogP) is 2.27. The Balaban J connectivity index is 1.63. The van der Waals surface area contributed by atoms with Gasteiger partial charge in [-0.3, -0.25) is 14.9 Å². The van der Waals surface area contributed by atoms with E-state index in [2.05, 4.69) is 0 Å². The third-order valence-electron chi connectivity index (χ3n) is 5.20. The summed E-state index contributed by atoms with van der Waals surface area (Å²) in [6.45, 7) is 5.10. The molecule has 140 valence electrons. The molecule has 1 aromatic carbocycles. The van der Waals surface area contributed by atoms with Gasteiger partial charge in [-0.05, 0) is 32.3 Å². The topological polar surface area (TPSA) is 87.0 Å². The molecule has 0 radical (unpaired) electrons. The van der Waals surface area contributed by atoms with Gasteiger partial charge in [0, 0.05) is 56.5 Å². The number of hydrogen-bond donors (Lipinski definition) is 0. The number of rotatable bonds is 2. The van der Waals surface area contributed by atoms with Crippen LogP contribution in [0.4, 0.5) is 10.5 Å². The van der Waals surface area contributed by atoms with Gasteiger partial charge in [-0.15, -0.1) is 0 Å². The molecule has 2 aliphatic heterocycles. The maximum Gasteiger partial charge on any atom is 0.320 e. The number of nitro benzene ring substituents is 1. The van der Waals surface area contributed by atoms with Crippen molar-refractivity contribution in [2.75, 3.05) is 39.3 Å². The van der Waals surface area contributed by atoms with Crippen molar-refractivity contribution in [3.63, 3.8) is 0 Å². The van der Waals surface area contributed by atoms with Crippen LogP contribution in [0.5, 0.6) is 0 Å². The molecule has 26 heavy (non-hydrogen) atoms. The smallest absolute Gasteiger partial charge is 0.320 e. The Kier molecular flexibility index (Phi) is 5.39. The molecule has 0 aliphatic carbocycles. The molecule has 0 N–H and O–H groups in total. The molecule has 2 saturated heterocycles. The van der Waals surface area contributed by atoms with Gasteiger partial charge in [0.25, 0.3) is 11.6 Å². The van der Waals surface area contributed by atoms with E-state index >= 15 is 0 Å². The minimum Gasteiger partial charge on any atom is -0.335 e. The molecular formula is C18H24N4O4. The average molecular weight is 360 g/mol. The highest BCUT2D eigenvalue weighted by molar-refractivity contribution is 5.96. The van der Waals surface area contributed by atoms with Crippen LogP contribution in [0.1, 0.15) is 35.2 Å². The van der Waals surface area contributed by atoms with Crippen molar-refractivity contribution in [1.82, 2.24) is 14.7 Å². The standard InChI is InChI=1S/C18H24N4O4/c1-14-15(6-5-7-16(14)22(25)26)17(23)19-10-12-21(13-11-19)18(24)20-8-3-2-4-9-20/h5-7H,2-4,8-13H2,1H3. The van der Waals surface area contributed by atoms with E-state index in [4.69, 9.17) is 0 Å². The van der Waals surface area contributed by atoms with Crippen LogP contribution in [-0.4, -0.2) is 70.8 Å². The summed E-state index contributed by atoms with van der Waals surface area (Å²) >= 11 is 0. The van der Waals surface area contributed by atoms with Crippen LogP contribution < -0.4 is 0 Å². The zero-order chi connectivity index (χ0) is 18.7. The van der Waals surface area contributed by atoms with Crippen LogP contribution in [0.2, 0.25) is 0 Å². The van der Waals surface area contributed by atoms with Crippen molar-refractivity contribution in [3.05, 3.63) is 39.4 Å². The van der Waals surface area contributed by atoms with E-state index in [0.717, 1.165) is 25.9 Å². The molecule has 0 aromatic heterocycles. The number of amides is 3. The number of hydrogen-bond acceptors (Lipinski definition) is 4. The number of nitro groups is 1. The first kappa shape index (κ1) is 18.2. The summed E-state index contributed by atoms with van der Waals surface area (Å²) in [6.07, 6.45) is 3.28. The zero-order valence-corrected chi connectivity index (χ0v) is 15.0. The normalized spacial score (nSPS) is 18.0. The molecule has 3 amide bonds. The van der Waals surface area contributed by atoms with Gasteiger partial charge in [0.1, 0.15) is 0 Å². The first-order chi connectivity index (χ1) is 12.5. The van der Waals surface area contributed by atoms with Crippen LogP contribution in [0, 0.1) is 17.0 Å². The monoisotopic (exact) mass is 360 g/mol. The van der Waals surface area contributed by atoms with Crippen molar-refractivity contribution >= 4 is 17.6 Å². The number of benzene rings is 1. The van der Waals surface area contributed by atoms with Gasteiger partial charge >= 0.3 is 6.03 Å². The first-order valence-electron chi connectivity index (χ1n) is 9.06. The maximum atomic E-state index is 12.8. The van der Waals surface area contributed by atoms with Crippen molar-refractivity contribution in [1.29, 1.82) is 0 Å². The molecular weight excluding hydrogens is 336 g/mol. The molecule has 2 heterocycles. The minimum absolute atomic E-state index is 0.0465. The summed E-state index contributed by atoms with van der Waals surface area (Å²) in [4.78, 5) is 41.3. The fourth-order valence-corrected chi connectivity index (χ4v) is 3.61. The van der Waals surface area contributed by atoms with E-state index in [9.17, 15) is 19.7 Å².